The largest absolute Gasteiger partial charge is 0.477 e. The molecule has 21 heavy (non-hydrogen) atoms. The van der Waals surface area contributed by atoms with Crippen LogP contribution in [0.5, 0.6) is 0 Å². The summed E-state index contributed by atoms with van der Waals surface area (Å²) in [6, 6.07) is 6.97. The Bertz CT molecular complexity index is 694. The van der Waals surface area contributed by atoms with Gasteiger partial charge in [0.1, 0.15) is 9.88 Å². The third kappa shape index (κ3) is 3.28. The van der Waals surface area contributed by atoms with Crippen LogP contribution in [0.2, 0.25) is 0 Å². The molecule has 1 heterocycles. The van der Waals surface area contributed by atoms with E-state index in [0.29, 0.717) is 16.3 Å². The second kappa shape index (κ2) is 6.05. The minimum atomic E-state index is -0.992. The highest BCUT2D eigenvalue weighted by Gasteiger charge is 2.20. The Morgan fingerprint density at radius 1 is 1.29 bits per heavy atom. The molecule has 0 aliphatic heterocycles. The molecule has 0 saturated carbocycles. The van der Waals surface area contributed by atoms with E-state index in [0.717, 1.165) is 16.9 Å². The van der Waals surface area contributed by atoms with Gasteiger partial charge in [0.25, 0.3) is 5.91 Å². The van der Waals surface area contributed by atoms with Crippen LogP contribution in [-0.2, 0) is 0 Å². The molecular formula is C15H16N2O3S. The number of hydrogen-bond acceptors (Lipinski definition) is 4. The maximum Gasteiger partial charge on any atom is 0.347 e. The van der Waals surface area contributed by atoms with Gasteiger partial charge in [0.15, 0.2) is 0 Å². The molecule has 5 nitrogen and oxygen atoms in total. The molecule has 110 valence electrons. The molecule has 1 aromatic carbocycles. The fourth-order valence-electron chi connectivity index (χ4n) is 1.96. The van der Waals surface area contributed by atoms with Crippen LogP contribution in [0.4, 0.5) is 0 Å². The first kappa shape index (κ1) is 15.2. The van der Waals surface area contributed by atoms with Gasteiger partial charge >= 0.3 is 5.97 Å². The average molecular weight is 304 g/mol. The number of thiazole rings is 1. The summed E-state index contributed by atoms with van der Waals surface area (Å²) in [6.45, 7) is 5.31. The van der Waals surface area contributed by atoms with Gasteiger partial charge in [-0.2, -0.15) is 0 Å². The van der Waals surface area contributed by atoms with Gasteiger partial charge in [0.05, 0.1) is 11.7 Å². The van der Waals surface area contributed by atoms with Crippen molar-refractivity contribution in [3.05, 3.63) is 51.0 Å². The van der Waals surface area contributed by atoms with Crippen LogP contribution in [0.1, 0.15) is 49.3 Å². The first-order valence-corrected chi connectivity index (χ1v) is 7.29. The average Bonchev–Trinajstić information content (AvgIpc) is 2.81. The Labute approximate surface area is 126 Å². The summed E-state index contributed by atoms with van der Waals surface area (Å²) in [6.07, 6.45) is 0. The van der Waals surface area contributed by atoms with Crippen molar-refractivity contribution in [2.75, 3.05) is 0 Å². The number of carbonyl (C=O) groups is 2. The lowest BCUT2D eigenvalue weighted by molar-refractivity contribution is 0.0701. The number of aryl methyl sites for hydroxylation is 2. The number of benzene rings is 1. The summed E-state index contributed by atoms with van der Waals surface area (Å²) >= 11 is 1.09. The van der Waals surface area contributed by atoms with Gasteiger partial charge < -0.3 is 10.4 Å². The second-order valence-corrected chi connectivity index (χ2v) is 5.81. The monoisotopic (exact) mass is 304 g/mol. The summed E-state index contributed by atoms with van der Waals surface area (Å²) in [5.41, 5.74) is 1.97. The molecule has 2 N–H and O–H groups in total. The number of amides is 1. The van der Waals surface area contributed by atoms with Gasteiger partial charge in [-0.05, 0) is 32.4 Å². The Hall–Kier alpha value is -2.21. The minimum Gasteiger partial charge on any atom is -0.477 e. The van der Waals surface area contributed by atoms with Crippen molar-refractivity contribution in [3.8, 4) is 0 Å². The first-order valence-electron chi connectivity index (χ1n) is 6.47. The Balaban J connectivity index is 2.16. The number of hydrogen-bond donors (Lipinski definition) is 2. The Morgan fingerprint density at radius 3 is 2.52 bits per heavy atom. The number of rotatable bonds is 4. The molecule has 0 aliphatic carbocycles. The minimum absolute atomic E-state index is 0.190. The molecule has 0 fully saturated rings. The fourth-order valence-corrected chi connectivity index (χ4v) is 2.87. The predicted molar refractivity (Wildman–Crippen MR) is 80.9 cm³/mol. The number of nitrogens with one attached hydrogen (secondary N) is 1. The quantitative estimate of drug-likeness (QED) is 0.910. The van der Waals surface area contributed by atoms with E-state index < -0.39 is 5.97 Å². The van der Waals surface area contributed by atoms with Crippen molar-refractivity contribution in [2.45, 2.75) is 26.8 Å². The molecule has 0 bridgehead atoms. The highest BCUT2D eigenvalue weighted by atomic mass is 32.1. The molecule has 0 radical (unpaired) electrons. The Morgan fingerprint density at radius 2 is 1.95 bits per heavy atom. The molecule has 1 aromatic heterocycles. The van der Waals surface area contributed by atoms with Crippen LogP contribution in [-0.4, -0.2) is 22.0 Å². The van der Waals surface area contributed by atoms with Crippen LogP contribution >= 0.6 is 11.3 Å². The molecule has 0 aliphatic rings. The lowest BCUT2D eigenvalue weighted by Crippen LogP contribution is -2.27. The van der Waals surface area contributed by atoms with Gasteiger partial charge in [-0.25, -0.2) is 9.78 Å². The lowest BCUT2D eigenvalue weighted by atomic mass is 10.1. The maximum atomic E-state index is 12.2. The van der Waals surface area contributed by atoms with Crippen LogP contribution in [0, 0.1) is 13.8 Å². The SMILES string of the molecule is Cc1ccccc1C(=O)N[C@@H](C)c1nc(C)c(C(=O)O)s1. The van der Waals surface area contributed by atoms with E-state index in [9.17, 15) is 9.59 Å². The molecule has 1 atom stereocenters. The predicted octanol–water partition coefficient (Wildman–Crippen LogP) is 2.95. The second-order valence-electron chi connectivity index (χ2n) is 4.78. The van der Waals surface area contributed by atoms with E-state index >= 15 is 0 Å². The van der Waals surface area contributed by atoms with Gasteiger partial charge in [-0.1, -0.05) is 18.2 Å². The van der Waals surface area contributed by atoms with E-state index in [1.165, 1.54) is 0 Å². The third-order valence-corrected chi connectivity index (χ3v) is 4.44. The maximum absolute atomic E-state index is 12.2. The van der Waals surface area contributed by atoms with Gasteiger partial charge in [0, 0.05) is 5.56 Å². The van der Waals surface area contributed by atoms with Crippen LogP contribution in [0.3, 0.4) is 0 Å². The normalized spacial score (nSPS) is 12.0. The zero-order valence-electron chi connectivity index (χ0n) is 12.0. The van der Waals surface area contributed by atoms with Crippen molar-refractivity contribution in [3.63, 3.8) is 0 Å². The molecule has 0 unspecified atom stereocenters. The van der Waals surface area contributed by atoms with Crippen molar-refractivity contribution in [1.29, 1.82) is 0 Å². The smallest absolute Gasteiger partial charge is 0.347 e. The van der Waals surface area contributed by atoms with Crippen molar-refractivity contribution in [2.24, 2.45) is 0 Å². The molecule has 0 saturated heterocycles. The number of aromatic nitrogens is 1. The van der Waals surface area contributed by atoms with Crippen molar-refractivity contribution < 1.29 is 14.7 Å². The molecule has 2 aromatic rings. The highest BCUT2D eigenvalue weighted by Crippen LogP contribution is 2.24. The van der Waals surface area contributed by atoms with E-state index in [1.54, 1.807) is 19.9 Å². The Kier molecular flexibility index (Phi) is 4.37. The summed E-state index contributed by atoms with van der Waals surface area (Å²) < 4.78 is 0. The van der Waals surface area contributed by atoms with E-state index in [2.05, 4.69) is 10.3 Å². The topological polar surface area (TPSA) is 79.3 Å². The van der Waals surface area contributed by atoms with Crippen molar-refractivity contribution in [1.82, 2.24) is 10.3 Å². The van der Waals surface area contributed by atoms with Crippen molar-refractivity contribution >= 4 is 23.2 Å². The van der Waals surface area contributed by atoms with E-state index in [-0.39, 0.29) is 16.8 Å². The molecule has 1 amide bonds. The molecule has 0 spiro atoms. The first-order chi connectivity index (χ1) is 9.90. The number of nitrogens with zero attached hydrogens (tertiary/aromatic N) is 1. The zero-order chi connectivity index (χ0) is 15.6. The third-order valence-electron chi connectivity index (χ3n) is 3.12. The van der Waals surface area contributed by atoms with E-state index in [1.807, 2.05) is 25.1 Å². The van der Waals surface area contributed by atoms with Crippen LogP contribution in [0.15, 0.2) is 24.3 Å². The fraction of sp³-hybridized carbons (Fsp3) is 0.267. The van der Waals surface area contributed by atoms with Crippen LogP contribution in [0.25, 0.3) is 0 Å². The van der Waals surface area contributed by atoms with Gasteiger partial charge in [0.2, 0.25) is 0 Å². The van der Waals surface area contributed by atoms with E-state index in [4.69, 9.17) is 5.11 Å². The van der Waals surface area contributed by atoms with Gasteiger partial charge in [-0.15, -0.1) is 11.3 Å². The number of carboxylic acid groups (broad SMARTS) is 1. The molecule has 6 heteroatoms. The molecule has 2 rings (SSSR count). The van der Waals surface area contributed by atoms with Crippen LogP contribution < -0.4 is 5.32 Å². The number of aromatic carboxylic acids is 1. The summed E-state index contributed by atoms with van der Waals surface area (Å²) in [5.74, 6) is -1.18. The number of carboxylic acids is 1. The summed E-state index contributed by atoms with van der Waals surface area (Å²) in [5, 5.41) is 12.5. The lowest BCUT2D eigenvalue weighted by Gasteiger charge is -2.12. The summed E-state index contributed by atoms with van der Waals surface area (Å²) in [7, 11) is 0. The standard InChI is InChI=1S/C15H16N2O3S/c1-8-6-4-5-7-11(8)13(18)16-10(3)14-17-9(2)12(21-14)15(19)20/h4-7,10H,1-3H3,(H,16,18)(H,19,20)/t10-/m0/s1. The molecular weight excluding hydrogens is 288 g/mol. The number of carbonyl (C=O) groups excluding carboxylic acids is 1. The van der Waals surface area contributed by atoms with Gasteiger partial charge in [-0.3, -0.25) is 4.79 Å². The summed E-state index contributed by atoms with van der Waals surface area (Å²) in [4.78, 5) is 27.7. The highest BCUT2D eigenvalue weighted by molar-refractivity contribution is 7.13. The zero-order valence-corrected chi connectivity index (χ0v) is 12.8.